The first-order valence-corrected chi connectivity index (χ1v) is 10.4. The van der Waals surface area contributed by atoms with Gasteiger partial charge < -0.3 is 9.88 Å². The van der Waals surface area contributed by atoms with Crippen LogP contribution < -0.4 is 10.0 Å². The van der Waals surface area contributed by atoms with Crippen molar-refractivity contribution in [2.45, 2.75) is 31.2 Å². The summed E-state index contributed by atoms with van der Waals surface area (Å²) >= 11 is 0. The first-order valence-electron chi connectivity index (χ1n) is 8.84. The molecule has 1 unspecified atom stereocenters. The van der Waals surface area contributed by atoms with Crippen LogP contribution in [0.1, 0.15) is 36.3 Å². The minimum atomic E-state index is -3.33. The van der Waals surface area contributed by atoms with Crippen LogP contribution in [0, 0.1) is 22.3 Å². The summed E-state index contributed by atoms with van der Waals surface area (Å²) in [7, 11) is -1.72. The van der Waals surface area contributed by atoms with Gasteiger partial charge in [0.15, 0.2) is 11.6 Å². The first-order chi connectivity index (χ1) is 13.1. The molecule has 0 radical (unpaired) electrons. The van der Waals surface area contributed by atoms with Gasteiger partial charge in [-0.3, -0.25) is 4.79 Å². The van der Waals surface area contributed by atoms with Crippen molar-refractivity contribution < 1.29 is 17.8 Å². The van der Waals surface area contributed by atoms with Crippen molar-refractivity contribution in [2.75, 3.05) is 5.32 Å². The zero-order chi connectivity index (χ0) is 20.6. The van der Waals surface area contributed by atoms with Gasteiger partial charge in [-0.2, -0.15) is 0 Å². The van der Waals surface area contributed by atoms with Crippen LogP contribution in [0.5, 0.6) is 0 Å². The van der Waals surface area contributed by atoms with Gasteiger partial charge in [-0.1, -0.05) is 32.4 Å². The highest BCUT2D eigenvalue weighted by Gasteiger charge is 2.29. The summed E-state index contributed by atoms with van der Waals surface area (Å²) in [5.41, 5.74) is 0.655. The van der Waals surface area contributed by atoms with Gasteiger partial charge in [-0.15, -0.1) is 0 Å². The molecule has 1 aliphatic heterocycles. The number of halogens is 2. The highest BCUT2D eigenvalue weighted by Crippen LogP contribution is 2.29. The molecule has 1 aliphatic rings. The Bertz CT molecular complexity index is 1060. The molecule has 6 nitrogen and oxygen atoms in total. The second-order valence-electron chi connectivity index (χ2n) is 6.89. The van der Waals surface area contributed by atoms with E-state index in [1.807, 2.05) is 19.9 Å². The van der Waals surface area contributed by atoms with E-state index >= 15 is 0 Å². The number of aryl methyl sites for hydroxylation is 1. The molecule has 9 heteroatoms. The third-order valence-electron chi connectivity index (χ3n) is 4.92. The summed E-state index contributed by atoms with van der Waals surface area (Å²) in [6.45, 7) is 3.99. The third kappa shape index (κ3) is 3.72. The molecule has 0 saturated heterocycles. The SMILES string of the molecule is CC[C@H](C)[C@H]1C=Cc2c(cn(C)c2C(=O)Nc2ccc(F)c(F)c2)S(=N)(=O)N1. The summed E-state index contributed by atoms with van der Waals surface area (Å²) in [5, 5.41) is 2.52. The number of fused-ring (bicyclic) bond motifs is 1. The Morgan fingerprint density at radius 2 is 2.11 bits per heavy atom. The molecule has 28 heavy (non-hydrogen) atoms. The Balaban J connectivity index is 2.01. The molecule has 1 amide bonds. The molecule has 0 fully saturated rings. The van der Waals surface area contributed by atoms with Crippen molar-refractivity contribution in [2.24, 2.45) is 13.0 Å². The second-order valence-corrected chi connectivity index (χ2v) is 8.68. The highest BCUT2D eigenvalue weighted by molar-refractivity contribution is 7.90. The van der Waals surface area contributed by atoms with Crippen molar-refractivity contribution in [3.63, 3.8) is 0 Å². The molecule has 3 rings (SSSR count). The monoisotopic (exact) mass is 408 g/mol. The number of nitrogens with zero attached hydrogens (tertiary/aromatic N) is 1. The Kier molecular flexibility index (Phi) is 5.40. The van der Waals surface area contributed by atoms with Crippen LogP contribution in [0.4, 0.5) is 14.5 Å². The summed E-state index contributed by atoms with van der Waals surface area (Å²) in [6, 6.07) is 2.80. The first kappa shape index (κ1) is 20.2. The lowest BCUT2D eigenvalue weighted by molar-refractivity contribution is 0.101. The second kappa shape index (κ2) is 7.48. The van der Waals surface area contributed by atoms with Crippen LogP contribution in [0.15, 0.2) is 35.4 Å². The van der Waals surface area contributed by atoms with E-state index in [0.29, 0.717) is 5.56 Å². The molecule has 2 aromatic rings. The van der Waals surface area contributed by atoms with Crippen LogP contribution in [0.3, 0.4) is 0 Å². The standard InChI is InChI=1S/C19H22F2N4O2S/c1-4-11(2)16-8-6-13-17(28(22,27)24-16)10-25(3)18(13)19(26)23-12-5-7-14(20)15(21)9-12/h5-11,16H,4H2,1-3H3,(H,23,26)(H2,22,24,27)/t11-,16+,28?/m0/s1. The average Bonchev–Trinajstić information content (AvgIpc) is 2.92. The minimum Gasteiger partial charge on any atom is -0.345 e. The summed E-state index contributed by atoms with van der Waals surface area (Å²) in [6.07, 6.45) is 5.82. The van der Waals surface area contributed by atoms with Crippen molar-refractivity contribution >= 4 is 27.6 Å². The van der Waals surface area contributed by atoms with Crippen molar-refractivity contribution in [3.8, 4) is 0 Å². The predicted molar refractivity (Wildman–Crippen MR) is 104 cm³/mol. The van der Waals surface area contributed by atoms with Gasteiger partial charge in [-0.25, -0.2) is 22.5 Å². The van der Waals surface area contributed by atoms with Gasteiger partial charge in [-0.05, 0) is 18.1 Å². The Hall–Kier alpha value is -2.52. The van der Waals surface area contributed by atoms with E-state index < -0.39 is 27.5 Å². The summed E-state index contributed by atoms with van der Waals surface area (Å²) in [5.74, 6) is -2.50. The number of anilines is 1. The average molecular weight is 408 g/mol. The van der Waals surface area contributed by atoms with Gasteiger partial charge in [0.25, 0.3) is 5.91 Å². The molecule has 3 N–H and O–H groups in total. The number of hydrogen-bond donors (Lipinski definition) is 3. The van der Waals surface area contributed by atoms with Gasteiger partial charge in [0.05, 0.1) is 4.90 Å². The van der Waals surface area contributed by atoms with E-state index in [2.05, 4.69) is 10.0 Å². The molecule has 0 bridgehead atoms. The van der Waals surface area contributed by atoms with Crippen molar-refractivity contribution in [1.29, 1.82) is 4.78 Å². The number of benzene rings is 1. The predicted octanol–water partition coefficient (Wildman–Crippen LogP) is 3.91. The number of carbonyl (C=O) groups excluding carboxylic acids is 1. The van der Waals surface area contributed by atoms with E-state index in [-0.39, 0.29) is 28.2 Å². The number of nitrogens with one attached hydrogen (secondary N) is 3. The van der Waals surface area contributed by atoms with Crippen LogP contribution >= 0.6 is 0 Å². The fourth-order valence-electron chi connectivity index (χ4n) is 3.11. The summed E-state index contributed by atoms with van der Waals surface area (Å²) < 4.78 is 52.2. The zero-order valence-electron chi connectivity index (χ0n) is 15.8. The quantitative estimate of drug-likeness (QED) is 0.716. The molecular formula is C19H22F2N4O2S. The Morgan fingerprint density at radius 3 is 2.75 bits per heavy atom. The fraction of sp³-hybridized carbons (Fsp3) is 0.316. The van der Waals surface area contributed by atoms with E-state index in [0.717, 1.165) is 18.6 Å². The molecule has 150 valence electrons. The lowest BCUT2D eigenvalue weighted by Gasteiger charge is -2.20. The number of rotatable bonds is 4. The minimum absolute atomic E-state index is 0.0960. The maximum absolute atomic E-state index is 13.4. The number of carbonyl (C=O) groups is 1. The Labute approximate surface area is 162 Å². The topological polar surface area (TPSA) is 87.0 Å². The number of aromatic nitrogens is 1. The maximum atomic E-state index is 13.4. The molecule has 3 atom stereocenters. The molecule has 2 heterocycles. The van der Waals surface area contributed by atoms with Crippen molar-refractivity contribution in [1.82, 2.24) is 9.29 Å². The fourth-order valence-corrected chi connectivity index (χ4v) is 4.71. The number of amides is 1. The van der Waals surface area contributed by atoms with Gasteiger partial charge in [0, 0.05) is 36.6 Å². The van der Waals surface area contributed by atoms with Crippen LogP contribution in [-0.2, 0) is 17.0 Å². The lowest BCUT2D eigenvalue weighted by atomic mass is 9.99. The third-order valence-corrected chi connectivity index (χ3v) is 6.46. The molecule has 1 aromatic carbocycles. The molecule has 1 aromatic heterocycles. The normalized spacial score (nSPS) is 22.4. The van der Waals surface area contributed by atoms with Crippen molar-refractivity contribution in [3.05, 3.63) is 53.4 Å². The molecule has 0 saturated carbocycles. The van der Waals surface area contributed by atoms with Gasteiger partial charge in [0.2, 0.25) is 0 Å². The van der Waals surface area contributed by atoms with Crippen LogP contribution in [0.25, 0.3) is 6.08 Å². The molecular weight excluding hydrogens is 386 g/mol. The summed E-state index contributed by atoms with van der Waals surface area (Å²) in [4.78, 5) is 13.0. The highest BCUT2D eigenvalue weighted by atomic mass is 32.2. The van der Waals surface area contributed by atoms with E-state index in [4.69, 9.17) is 4.78 Å². The van der Waals surface area contributed by atoms with E-state index in [9.17, 15) is 17.8 Å². The molecule has 0 spiro atoms. The van der Waals surface area contributed by atoms with Crippen LogP contribution in [0.2, 0.25) is 0 Å². The largest absolute Gasteiger partial charge is 0.345 e. The molecule has 0 aliphatic carbocycles. The zero-order valence-corrected chi connectivity index (χ0v) is 16.6. The maximum Gasteiger partial charge on any atom is 0.272 e. The van der Waals surface area contributed by atoms with E-state index in [1.54, 1.807) is 13.1 Å². The van der Waals surface area contributed by atoms with E-state index in [1.165, 1.54) is 16.8 Å². The van der Waals surface area contributed by atoms with Crippen LogP contribution in [-0.4, -0.2) is 20.7 Å². The lowest BCUT2D eigenvalue weighted by Crippen LogP contribution is -2.36. The smallest absolute Gasteiger partial charge is 0.272 e. The van der Waals surface area contributed by atoms with Gasteiger partial charge in [0.1, 0.15) is 15.6 Å². The Morgan fingerprint density at radius 1 is 1.39 bits per heavy atom. The van der Waals surface area contributed by atoms with Gasteiger partial charge >= 0.3 is 0 Å². The number of hydrogen-bond acceptors (Lipinski definition) is 3.